The standard InChI is InChI=1S/C18H12Cl2N2O2/c19-14-15(20)17(24)13(16(14)23)18(21-11-7-3-1-4-8-11)22-12-9-5-2-6-10-12/h1-10,23H,(H,21,22). The molecular weight excluding hydrogens is 347 g/mol. The van der Waals surface area contributed by atoms with Gasteiger partial charge in [0.2, 0.25) is 5.78 Å². The molecule has 0 radical (unpaired) electrons. The Bertz CT molecular complexity index is 872. The van der Waals surface area contributed by atoms with Gasteiger partial charge in [0.25, 0.3) is 0 Å². The van der Waals surface area contributed by atoms with Crippen LogP contribution in [0.5, 0.6) is 0 Å². The van der Waals surface area contributed by atoms with Gasteiger partial charge in [-0.3, -0.25) is 4.79 Å². The van der Waals surface area contributed by atoms with Crippen LogP contribution in [0.15, 0.2) is 87.1 Å². The second kappa shape index (κ2) is 6.91. The fraction of sp³-hybridized carbons (Fsp3) is 0. The van der Waals surface area contributed by atoms with Crippen molar-refractivity contribution in [3.8, 4) is 0 Å². The lowest BCUT2D eigenvalue weighted by molar-refractivity contribution is -0.111. The lowest BCUT2D eigenvalue weighted by Gasteiger charge is -2.11. The molecule has 120 valence electrons. The molecule has 1 aliphatic rings. The highest BCUT2D eigenvalue weighted by molar-refractivity contribution is 6.56. The van der Waals surface area contributed by atoms with E-state index in [0.717, 1.165) is 0 Å². The first-order valence-corrected chi connectivity index (χ1v) is 7.83. The van der Waals surface area contributed by atoms with Gasteiger partial charge in [0, 0.05) is 5.69 Å². The second-order valence-electron chi connectivity index (χ2n) is 4.97. The Hall–Kier alpha value is -2.56. The van der Waals surface area contributed by atoms with Crippen LogP contribution in [0.2, 0.25) is 0 Å². The number of hydrogen-bond acceptors (Lipinski definition) is 3. The largest absolute Gasteiger partial charge is 0.505 e. The Morgan fingerprint density at radius 1 is 0.917 bits per heavy atom. The first-order chi connectivity index (χ1) is 11.6. The normalized spacial score (nSPS) is 15.2. The van der Waals surface area contributed by atoms with Crippen LogP contribution >= 0.6 is 23.2 Å². The summed E-state index contributed by atoms with van der Waals surface area (Å²) in [6.45, 7) is 0. The van der Waals surface area contributed by atoms with Gasteiger partial charge in [-0.2, -0.15) is 0 Å². The molecular formula is C18H12Cl2N2O2. The average molecular weight is 359 g/mol. The molecule has 24 heavy (non-hydrogen) atoms. The summed E-state index contributed by atoms with van der Waals surface area (Å²) in [5.74, 6) is -0.786. The van der Waals surface area contributed by atoms with Crippen molar-refractivity contribution in [2.24, 2.45) is 4.99 Å². The van der Waals surface area contributed by atoms with Crippen LogP contribution in [-0.4, -0.2) is 16.7 Å². The number of benzene rings is 2. The van der Waals surface area contributed by atoms with E-state index in [4.69, 9.17) is 23.2 Å². The number of amidine groups is 1. The number of aliphatic hydroxyl groups is 1. The molecule has 2 aromatic carbocycles. The molecule has 2 aromatic rings. The molecule has 0 heterocycles. The number of aliphatic hydroxyl groups excluding tert-OH is 1. The predicted molar refractivity (Wildman–Crippen MR) is 97.0 cm³/mol. The molecule has 0 amide bonds. The molecule has 4 nitrogen and oxygen atoms in total. The number of aliphatic imine (C=N–C) groups is 1. The smallest absolute Gasteiger partial charge is 0.213 e. The number of allylic oxidation sites excluding steroid dienone is 2. The van der Waals surface area contributed by atoms with Crippen LogP contribution in [-0.2, 0) is 4.79 Å². The molecule has 0 atom stereocenters. The van der Waals surface area contributed by atoms with Crippen LogP contribution in [0.25, 0.3) is 0 Å². The second-order valence-corrected chi connectivity index (χ2v) is 5.72. The number of anilines is 1. The zero-order valence-corrected chi connectivity index (χ0v) is 13.8. The van der Waals surface area contributed by atoms with Gasteiger partial charge in [0.05, 0.1) is 5.69 Å². The SMILES string of the molecule is O=C1C(Cl)=C(Cl)C(O)=C1C(=Nc1ccccc1)Nc1ccccc1. The minimum absolute atomic E-state index is 0.0577. The van der Waals surface area contributed by atoms with E-state index >= 15 is 0 Å². The van der Waals surface area contributed by atoms with Gasteiger partial charge >= 0.3 is 0 Å². The lowest BCUT2D eigenvalue weighted by Crippen LogP contribution is -2.20. The summed E-state index contributed by atoms with van der Waals surface area (Å²) in [4.78, 5) is 16.8. The molecule has 0 aliphatic heterocycles. The molecule has 0 aromatic heterocycles. The lowest BCUT2D eigenvalue weighted by atomic mass is 10.1. The third kappa shape index (κ3) is 3.20. The molecule has 0 unspecified atom stereocenters. The summed E-state index contributed by atoms with van der Waals surface area (Å²) in [5.41, 5.74) is 1.26. The van der Waals surface area contributed by atoms with Crippen molar-refractivity contribution in [2.75, 3.05) is 5.32 Å². The number of halogens is 2. The molecule has 0 fully saturated rings. The summed E-state index contributed by atoms with van der Waals surface area (Å²) >= 11 is 11.8. The first kappa shape index (κ1) is 16.3. The van der Waals surface area contributed by atoms with E-state index in [1.165, 1.54) is 0 Å². The summed E-state index contributed by atoms with van der Waals surface area (Å²) < 4.78 is 0. The predicted octanol–water partition coefficient (Wildman–Crippen LogP) is 4.91. The average Bonchev–Trinajstić information content (AvgIpc) is 2.80. The van der Waals surface area contributed by atoms with Gasteiger partial charge < -0.3 is 10.4 Å². The van der Waals surface area contributed by atoms with E-state index in [-0.39, 0.29) is 27.2 Å². The molecule has 0 saturated heterocycles. The van der Waals surface area contributed by atoms with Gasteiger partial charge in [-0.05, 0) is 24.3 Å². The van der Waals surface area contributed by atoms with Crippen LogP contribution in [0.3, 0.4) is 0 Å². The highest BCUT2D eigenvalue weighted by atomic mass is 35.5. The third-order valence-electron chi connectivity index (χ3n) is 3.33. The van der Waals surface area contributed by atoms with Crippen molar-refractivity contribution in [2.45, 2.75) is 0 Å². The quantitative estimate of drug-likeness (QED) is 0.605. The number of carbonyl (C=O) groups is 1. The molecule has 3 rings (SSSR count). The number of para-hydroxylation sites is 2. The molecule has 0 bridgehead atoms. The number of carbonyl (C=O) groups excluding carboxylic acids is 1. The Balaban J connectivity index is 2.07. The third-order valence-corrected chi connectivity index (χ3v) is 4.16. The number of ketones is 1. The monoisotopic (exact) mass is 358 g/mol. The van der Waals surface area contributed by atoms with Crippen LogP contribution in [0.4, 0.5) is 11.4 Å². The Morgan fingerprint density at radius 2 is 1.50 bits per heavy atom. The fourth-order valence-electron chi connectivity index (χ4n) is 2.19. The van der Waals surface area contributed by atoms with Crippen molar-refractivity contribution < 1.29 is 9.90 Å². The number of nitrogens with one attached hydrogen (secondary N) is 1. The Kier molecular flexibility index (Phi) is 4.69. The minimum Gasteiger partial charge on any atom is -0.505 e. The number of rotatable bonds is 3. The van der Waals surface area contributed by atoms with E-state index in [1.807, 2.05) is 48.5 Å². The van der Waals surface area contributed by atoms with Crippen LogP contribution in [0, 0.1) is 0 Å². The number of Topliss-reactive ketones (excluding diaryl/α,β-unsaturated/α-hetero) is 1. The zero-order chi connectivity index (χ0) is 17.1. The summed E-state index contributed by atoms with van der Waals surface area (Å²) in [5, 5.41) is 12.8. The highest BCUT2D eigenvalue weighted by Crippen LogP contribution is 2.34. The van der Waals surface area contributed by atoms with Crippen LogP contribution in [0.1, 0.15) is 0 Å². The first-order valence-electron chi connectivity index (χ1n) is 7.07. The molecule has 1 aliphatic carbocycles. The van der Waals surface area contributed by atoms with Gasteiger partial charge in [0.1, 0.15) is 21.5 Å². The summed E-state index contributed by atoms with van der Waals surface area (Å²) in [7, 11) is 0. The molecule has 0 spiro atoms. The topological polar surface area (TPSA) is 61.7 Å². The van der Waals surface area contributed by atoms with E-state index in [0.29, 0.717) is 11.4 Å². The van der Waals surface area contributed by atoms with Crippen molar-refractivity contribution >= 4 is 46.2 Å². The maximum absolute atomic E-state index is 12.3. The van der Waals surface area contributed by atoms with E-state index in [1.54, 1.807) is 12.1 Å². The van der Waals surface area contributed by atoms with Gasteiger partial charge in [-0.15, -0.1) is 0 Å². The molecule has 2 N–H and O–H groups in total. The van der Waals surface area contributed by atoms with E-state index in [2.05, 4.69) is 10.3 Å². The van der Waals surface area contributed by atoms with Crippen molar-refractivity contribution in [3.63, 3.8) is 0 Å². The number of hydrogen-bond donors (Lipinski definition) is 2. The maximum atomic E-state index is 12.3. The maximum Gasteiger partial charge on any atom is 0.213 e. The highest BCUT2D eigenvalue weighted by Gasteiger charge is 2.34. The van der Waals surface area contributed by atoms with E-state index in [9.17, 15) is 9.90 Å². The van der Waals surface area contributed by atoms with Gasteiger partial charge in [-0.1, -0.05) is 59.6 Å². The van der Waals surface area contributed by atoms with Crippen molar-refractivity contribution in [3.05, 3.63) is 82.1 Å². The zero-order valence-electron chi connectivity index (χ0n) is 12.3. The summed E-state index contributed by atoms with van der Waals surface area (Å²) in [6.07, 6.45) is 0. The summed E-state index contributed by atoms with van der Waals surface area (Å²) in [6, 6.07) is 18.2. The van der Waals surface area contributed by atoms with E-state index < -0.39 is 5.78 Å². The molecule has 0 saturated carbocycles. The van der Waals surface area contributed by atoms with Gasteiger partial charge in [0.15, 0.2) is 5.76 Å². The van der Waals surface area contributed by atoms with Crippen molar-refractivity contribution in [1.82, 2.24) is 0 Å². The Morgan fingerprint density at radius 3 is 2.04 bits per heavy atom. The van der Waals surface area contributed by atoms with Gasteiger partial charge in [-0.25, -0.2) is 4.99 Å². The fourth-order valence-corrected chi connectivity index (χ4v) is 2.55. The van der Waals surface area contributed by atoms with Crippen LogP contribution < -0.4 is 5.32 Å². The Labute approximate surface area is 148 Å². The minimum atomic E-state index is -0.572. The number of nitrogens with zero attached hydrogens (tertiary/aromatic N) is 1. The van der Waals surface area contributed by atoms with Crippen molar-refractivity contribution in [1.29, 1.82) is 0 Å². The molecule has 6 heteroatoms.